The van der Waals surface area contributed by atoms with E-state index in [1.54, 1.807) is 0 Å². The summed E-state index contributed by atoms with van der Waals surface area (Å²) >= 11 is 1.94. The molecular formula is C16H24N2S. The predicted molar refractivity (Wildman–Crippen MR) is 84.1 cm³/mol. The maximum atomic E-state index is 9.25. The lowest BCUT2D eigenvalue weighted by molar-refractivity contribution is 0.380. The number of hydrogen-bond acceptors (Lipinski definition) is 3. The number of nitrogens with zero attached hydrogens (tertiary/aromatic N) is 1. The van der Waals surface area contributed by atoms with Gasteiger partial charge in [0.2, 0.25) is 0 Å². The van der Waals surface area contributed by atoms with E-state index in [0.29, 0.717) is 6.04 Å². The molecule has 3 heteroatoms. The van der Waals surface area contributed by atoms with E-state index in [4.69, 9.17) is 0 Å². The van der Waals surface area contributed by atoms with E-state index in [0.717, 1.165) is 24.3 Å². The van der Waals surface area contributed by atoms with Crippen LogP contribution in [0.5, 0.6) is 0 Å². The zero-order valence-electron chi connectivity index (χ0n) is 12.1. The van der Waals surface area contributed by atoms with Gasteiger partial charge < -0.3 is 0 Å². The normalized spacial score (nSPS) is 14.1. The number of rotatable bonds is 8. The molecule has 2 nitrogen and oxygen atoms in total. The van der Waals surface area contributed by atoms with Crippen molar-refractivity contribution in [2.24, 2.45) is 0 Å². The molecule has 1 aromatic rings. The van der Waals surface area contributed by atoms with Crippen molar-refractivity contribution in [1.82, 2.24) is 5.32 Å². The Morgan fingerprint density at radius 1 is 1.32 bits per heavy atom. The molecule has 0 fully saturated rings. The minimum atomic E-state index is -0.387. The van der Waals surface area contributed by atoms with E-state index in [1.165, 1.54) is 5.56 Å². The Hall–Kier alpha value is -0.980. The smallest absolute Gasteiger partial charge is 0.104 e. The lowest BCUT2D eigenvalue weighted by Crippen LogP contribution is -2.44. The summed E-state index contributed by atoms with van der Waals surface area (Å²) in [6.07, 6.45) is 1.98. The van der Waals surface area contributed by atoms with Crippen LogP contribution in [0, 0.1) is 11.3 Å². The van der Waals surface area contributed by atoms with Crippen LogP contribution in [0.4, 0.5) is 0 Å². The molecule has 0 radical (unpaired) electrons. The number of thioether (sulfide) groups is 1. The van der Waals surface area contributed by atoms with Gasteiger partial charge in [-0.1, -0.05) is 30.3 Å². The Morgan fingerprint density at radius 3 is 2.58 bits per heavy atom. The molecule has 0 spiro atoms. The molecule has 0 aliphatic heterocycles. The van der Waals surface area contributed by atoms with E-state index < -0.39 is 0 Å². The minimum Gasteiger partial charge on any atom is -0.297 e. The van der Waals surface area contributed by atoms with E-state index in [9.17, 15) is 5.26 Å². The van der Waals surface area contributed by atoms with Crippen molar-refractivity contribution >= 4 is 11.8 Å². The Bertz CT molecular complexity index is 397. The molecule has 0 bridgehead atoms. The minimum absolute atomic E-state index is 0.349. The van der Waals surface area contributed by atoms with Crippen LogP contribution in [0.15, 0.2) is 30.3 Å². The van der Waals surface area contributed by atoms with Gasteiger partial charge in [0.15, 0.2) is 0 Å². The Morgan fingerprint density at radius 2 is 2.00 bits per heavy atom. The van der Waals surface area contributed by atoms with Crippen LogP contribution in [0.25, 0.3) is 0 Å². The molecule has 0 saturated heterocycles. The van der Waals surface area contributed by atoms with Crippen molar-refractivity contribution in [3.63, 3.8) is 0 Å². The van der Waals surface area contributed by atoms with Crippen LogP contribution < -0.4 is 5.32 Å². The molecule has 0 aromatic heterocycles. The van der Waals surface area contributed by atoms with Crippen LogP contribution in [0.3, 0.4) is 0 Å². The van der Waals surface area contributed by atoms with Gasteiger partial charge in [0.05, 0.1) is 6.07 Å². The fourth-order valence-electron chi connectivity index (χ4n) is 2.09. The van der Waals surface area contributed by atoms with Crippen LogP contribution in [-0.2, 0) is 5.75 Å². The van der Waals surface area contributed by atoms with Gasteiger partial charge in [0, 0.05) is 11.8 Å². The highest BCUT2D eigenvalue weighted by Crippen LogP contribution is 2.18. The number of benzene rings is 1. The quantitative estimate of drug-likeness (QED) is 0.730. The second kappa shape index (κ2) is 8.24. The van der Waals surface area contributed by atoms with E-state index in [1.807, 2.05) is 24.8 Å². The van der Waals surface area contributed by atoms with Gasteiger partial charge in [0.1, 0.15) is 5.54 Å². The SMILES string of the molecule is CC(C)NC(C)(C#N)CCCSCc1ccccc1. The maximum Gasteiger partial charge on any atom is 0.104 e. The van der Waals surface area contributed by atoms with Gasteiger partial charge in [-0.3, -0.25) is 5.32 Å². The van der Waals surface area contributed by atoms with Crippen molar-refractivity contribution < 1.29 is 0 Å². The van der Waals surface area contributed by atoms with E-state index in [-0.39, 0.29) is 5.54 Å². The van der Waals surface area contributed by atoms with Crippen LogP contribution in [0.1, 0.15) is 39.2 Å². The first kappa shape index (κ1) is 16.1. The van der Waals surface area contributed by atoms with E-state index in [2.05, 4.69) is 49.5 Å². The summed E-state index contributed by atoms with van der Waals surface area (Å²) in [5.41, 5.74) is 0.984. The van der Waals surface area contributed by atoms with Crippen molar-refractivity contribution in [2.45, 2.75) is 50.9 Å². The third-order valence-corrected chi connectivity index (χ3v) is 4.05. The largest absolute Gasteiger partial charge is 0.297 e. The Balaban J connectivity index is 2.21. The molecule has 19 heavy (non-hydrogen) atoms. The molecule has 0 saturated carbocycles. The summed E-state index contributed by atoms with van der Waals surface area (Å²) in [4.78, 5) is 0. The average Bonchev–Trinajstić information content (AvgIpc) is 2.39. The topological polar surface area (TPSA) is 35.8 Å². The third-order valence-electron chi connectivity index (χ3n) is 2.93. The van der Waals surface area contributed by atoms with Crippen LogP contribution >= 0.6 is 11.8 Å². The summed E-state index contributed by atoms with van der Waals surface area (Å²) in [6.45, 7) is 6.16. The molecule has 1 aromatic carbocycles. The fourth-order valence-corrected chi connectivity index (χ4v) is 3.01. The first-order chi connectivity index (χ1) is 9.06. The highest BCUT2D eigenvalue weighted by molar-refractivity contribution is 7.98. The first-order valence-corrected chi connectivity index (χ1v) is 8.02. The van der Waals surface area contributed by atoms with Crippen molar-refractivity contribution in [2.75, 3.05) is 5.75 Å². The molecule has 1 unspecified atom stereocenters. The van der Waals surface area contributed by atoms with Gasteiger partial charge in [-0.2, -0.15) is 17.0 Å². The highest BCUT2D eigenvalue weighted by Gasteiger charge is 2.23. The fraction of sp³-hybridized carbons (Fsp3) is 0.562. The van der Waals surface area contributed by atoms with Gasteiger partial charge in [-0.25, -0.2) is 0 Å². The van der Waals surface area contributed by atoms with Gasteiger partial charge in [0.25, 0.3) is 0 Å². The lowest BCUT2D eigenvalue weighted by Gasteiger charge is -2.25. The standard InChI is InChI=1S/C16H24N2S/c1-14(2)18-16(3,13-17)10-7-11-19-12-15-8-5-4-6-9-15/h4-6,8-9,14,18H,7,10-12H2,1-3H3. The van der Waals surface area contributed by atoms with Gasteiger partial charge >= 0.3 is 0 Å². The summed E-state index contributed by atoms with van der Waals surface area (Å²) in [6, 6.07) is 13.3. The van der Waals surface area contributed by atoms with Crippen molar-refractivity contribution in [3.05, 3.63) is 35.9 Å². The summed E-state index contributed by atoms with van der Waals surface area (Å²) in [7, 11) is 0. The highest BCUT2D eigenvalue weighted by atomic mass is 32.2. The van der Waals surface area contributed by atoms with Gasteiger partial charge in [-0.05, 0) is 44.9 Å². The molecule has 104 valence electrons. The second-order valence-corrected chi connectivity index (χ2v) is 6.49. The predicted octanol–water partition coefficient (Wildman–Crippen LogP) is 3.98. The summed E-state index contributed by atoms with van der Waals surface area (Å²) < 4.78 is 0. The first-order valence-electron chi connectivity index (χ1n) is 6.86. The Kier molecular flexibility index (Phi) is 6.97. The molecule has 0 heterocycles. The zero-order valence-corrected chi connectivity index (χ0v) is 13.0. The molecule has 0 amide bonds. The molecule has 1 N–H and O–H groups in total. The monoisotopic (exact) mass is 276 g/mol. The van der Waals surface area contributed by atoms with Crippen molar-refractivity contribution in [3.8, 4) is 6.07 Å². The van der Waals surface area contributed by atoms with Crippen LogP contribution in [-0.4, -0.2) is 17.3 Å². The summed E-state index contributed by atoms with van der Waals surface area (Å²) in [5, 5.41) is 12.6. The summed E-state index contributed by atoms with van der Waals surface area (Å²) in [5.74, 6) is 2.16. The zero-order chi connectivity index (χ0) is 14.1. The second-order valence-electron chi connectivity index (χ2n) is 5.38. The van der Waals surface area contributed by atoms with Crippen molar-refractivity contribution in [1.29, 1.82) is 5.26 Å². The number of hydrogen-bond donors (Lipinski definition) is 1. The Labute approximate surface area is 121 Å². The van der Waals surface area contributed by atoms with E-state index >= 15 is 0 Å². The molecule has 1 rings (SSSR count). The molecular weight excluding hydrogens is 252 g/mol. The lowest BCUT2D eigenvalue weighted by atomic mass is 9.97. The third kappa shape index (κ3) is 6.66. The molecule has 0 aliphatic carbocycles. The average molecular weight is 276 g/mol. The number of nitrogens with one attached hydrogen (secondary N) is 1. The number of nitriles is 1. The molecule has 1 atom stereocenters. The van der Waals surface area contributed by atoms with Crippen LogP contribution in [0.2, 0.25) is 0 Å². The van der Waals surface area contributed by atoms with Gasteiger partial charge in [-0.15, -0.1) is 0 Å². The molecule has 0 aliphatic rings. The maximum absolute atomic E-state index is 9.25.